The van der Waals surface area contributed by atoms with E-state index in [4.69, 9.17) is 5.73 Å². The highest BCUT2D eigenvalue weighted by atomic mass is 16.4. The highest BCUT2D eigenvalue weighted by molar-refractivity contribution is 5.92. The van der Waals surface area contributed by atoms with E-state index in [2.05, 4.69) is 15.2 Å². The Hall–Kier alpha value is -3.09. The number of pyridine rings is 1. The van der Waals surface area contributed by atoms with Gasteiger partial charge >= 0.3 is 6.09 Å². The van der Waals surface area contributed by atoms with Crippen LogP contribution in [0.1, 0.15) is 6.92 Å². The minimum atomic E-state index is -1.03. The molecule has 0 bridgehead atoms. The molecule has 0 saturated carbocycles. The lowest BCUT2D eigenvalue weighted by atomic mass is 10.0. The van der Waals surface area contributed by atoms with Gasteiger partial charge in [0.15, 0.2) is 5.82 Å². The molecular weight excluding hydrogens is 282 g/mol. The Morgan fingerprint density at radius 1 is 1.32 bits per heavy atom. The number of aromatic nitrogens is 3. The first kappa shape index (κ1) is 13.9. The fraction of sp³-hybridized carbons (Fsp3) is 0.133. The summed E-state index contributed by atoms with van der Waals surface area (Å²) in [6.45, 7) is 2.10. The molecular formula is C15H15N5O2. The maximum atomic E-state index is 11.2. The smallest absolute Gasteiger partial charge is 0.412 e. The zero-order valence-electron chi connectivity index (χ0n) is 11.9. The molecule has 0 fully saturated rings. The zero-order valence-corrected chi connectivity index (χ0v) is 11.9. The van der Waals surface area contributed by atoms with Crippen molar-refractivity contribution in [3.63, 3.8) is 0 Å². The predicted molar refractivity (Wildman–Crippen MR) is 84.8 cm³/mol. The Morgan fingerprint density at radius 2 is 2.09 bits per heavy atom. The lowest BCUT2D eigenvalue weighted by molar-refractivity contribution is 0.202. The number of hydrogen-bond acceptors (Lipinski definition) is 4. The number of anilines is 2. The quantitative estimate of drug-likeness (QED) is 0.688. The van der Waals surface area contributed by atoms with Crippen LogP contribution >= 0.6 is 0 Å². The fourth-order valence-electron chi connectivity index (χ4n) is 2.35. The standard InChI is InChI=1S/C15H15N5O2/c1-2-20(15(21)22)13-8-10(5-6-17-13)9-3-4-12-11(7-9)14(16)19-18-12/h3-8H,2H2,1H3,(H,21,22)(H3,16,18,19). The van der Waals surface area contributed by atoms with Crippen LogP contribution in [0.2, 0.25) is 0 Å². The van der Waals surface area contributed by atoms with E-state index in [0.717, 1.165) is 22.0 Å². The second-order valence-corrected chi connectivity index (χ2v) is 4.80. The molecule has 3 rings (SSSR count). The lowest BCUT2D eigenvalue weighted by Gasteiger charge is -2.16. The van der Waals surface area contributed by atoms with Crippen molar-refractivity contribution >= 4 is 28.6 Å². The van der Waals surface area contributed by atoms with Crippen LogP contribution in [0.15, 0.2) is 36.5 Å². The van der Waals surface area contributed by atoms with Crippen molar-refractivity contribution < 1.29 is 9.90 Å². The second-order valence-electron chi connectivity index (χ2n) is 4.80. The normalized spacial score (nSPS) is 10.8. The molecule has 0 saturated heterocycles. The van der Waals surface area contributed by atoms with E-state index in [1.54, 1.807) is 19.2 Å². The van der Waals surface area contributed by atoms with Crippen LogP contribution in [-0.2, 0) is 0 Å². The van der Waals surface area contributed by atoms with Gasteiger partial charge in [-0.05, 0) is 42.3 Å². The summed E-state index contributed by atoms with van der Waals surface area (Å²) >= 11 is 0. The molecule has 0 unspecified atom stereocenters. The zero-order chi connectivity index (χ0) is 15.7. The van der Waals surface area contributed by atoms with Crippen molar-refractivity contribution in [3.8, 4) is 11.1 Å². The summed E-state index contributed by atoms with van der Waals surface area (Å²) in [4.78, 5) is 16.5. The maximum absolute atomic E-state index is 11.2. The Kier molecular flexibility index (Phi) is 3.38. The van der Waals surface area contributed by atoms with Crippen LogP contribution in [0.4, 0.5) is 16.4 Å². The predicted octanol–water partition coefficient (Wildman–Crippen LogP) is 2.71. The summed E-state index contributed by atoms with van der Waals surface area (Å²) in [6.07, 6.45) is 0.570. The molecule has 4 N–H and O–H groups in total. The number of nitrogens with two attached hydrogens (primary N) is 1. The average Bonchev–Trinajstić information content (AvgIpc) is 2.89. The van der Waals surface area contributed by atoms with Crippen LogP contribution < -0.4 is 10.6 Å². The Morgan fingerprint density at radius 3 is 2.82 bits per heavy atom. The highest BCUT2D eigenvalue weighted by Gasteiger charge is 2.14. The molecule has 0 atom stereocenters. The van der Waals surface area contributed by atoms with Gasteiger partial charge in [-0.2, -0.15) is 5.10 Å². The molecule has 2 heterocycles. The molecule has 0 radical (unpaired) electrons. The minimum absolute atomic E-state index is 0.333. The molecule has 7 nitrogen and oxygen atoms in total. The second kappa shape index (κ2) is 5.36. The molecule has 7 heteroatoms. The Balaban J connectivity index is 2.06. The highest BCUT2D eigenvalue weighted by Crippen LogP contribution is 2.28. The van der Waals surface area contributed by atoms with Gasteiger partial charge in [0.25, 0.3) is 0 Å². The van der Waals surface area contributed by atoms with Crippen molar-refractivity contribution in [2.75, 3.05) is 17.2 Å². The van der Waals surface area contributed by atoms with Crippen molar-refractivity contribution in [1.29, 1.82) is 0 Å². The molecule has 0 aliphatic carbocycles. The van der Waals surface area contributed by atoms with Gasteiger partial charge in [0, 0.05) is 18.1 Å². The van der Waals surface area contributed by atoms with Crippen LogP contribution in [0.25, 0.3) is 22.0 Å². The lowest BCUT2D eigenvalue weighted by Crippen LogP contribution is -2.29. The topological polar surface area (TPSA) is 108 Å². The van der Waals surface area contributed by atoms with Gasteiger partial charge in [0.2, 0.25) is 0 Å². The van der Waals surface area contributed by atoms with Gasteiger partial charge in [-0.3, -0.25) is 10.00 Å². The summed E-state index contributed by atoms with van der Waals surface area (Å²) in [5.41, 5.74) is 8.47. The number of rotatable bonds is 3. The van der Waals surface area contributed by atoms with E-state index in [1.807, 2.05) is 24.3 Å². The van der Waals surface area contributed by atoms with Crippen LogP contribution in [0, 0.1) is 0 Å². The monoisotopic (exact) mass is 297 g/mol. The summed E-state index contributed by atoms with van der Waals surface area (Å²) in [6, 6.07) is 9.31. The minimum Gasteiger partial charge on any atom is -0.465 e. The number of carboxylic acid groups (broad SMARTS) is 1. The SMILES string of the molecule is CCN(C(=O)O)c1cc(-c2ccc3[nH]nc(N)c3c2)ccn1. The molecule has 112 valence electrons. The third-order valence-electron chi connectivity index (χ3n) is 3.49. The summed E-state index contributed by atoms with van der Waals surface area (Å²) in [5.74, 6) is 0.833. The van der Waals surface area contributed by atoms with E-state index in [0.29, 0.717) is 18.2 Å². The van der Waals surface area contributed by atoms with Crippen molar-refractivity contribution in [1.82, 2.24) is 15.2 Å². The molecule has 0 spiro atoms. The molecule has 1 amide bonds. The van der Waals surface area contributed by atoms with Gasteiger partial charge in [0.05, 0.1) is 5.52 Å². The van der Waals surface area contributed by atoms with Crippen LogP contribution in [0.5, 0.6) is 0 Å². The summed E-state index contributed by atoms with van der Waals surface area (Å²) < 4.78 is 0. The molecule has 2 aromatic heterocycles. The van der Waals surface area contributed by atoms with Gasteiger partial charge in [-0.15, -0.1) is 0 Å². The average molecular weight is 297 g/mol. The number of aromatic amines is 1. The third-order valence-corrected chi connectivity index (χ3v) is 3.49. The van der Waals surface area contributed by atoms with Crippen molar-refractivity contribution in [3.05, 3.63) is 36.5 Å². The van der Waals surface area contributed by atoms with Crippen LogP contribution in [-0.4, -0.2) is 32.9 Å². The number of hydrogen-bond donors (Lipinski definition) is 3. The Bertz CT molecular complexity index is 843. The third kappa shape index (κ3) is 2.32. The first-order valence-corrected chi connectivity index (χ1v) is 6.80. The van der Waals surface area contributed by atoms with Crippen molar-refractivity contribution in [2.45, 2.75) is 6.92 Å². The van der Waals surface area contributed by atoms with E-state index in [-0.39, 0.29) is 0 Å². The molecule has 0 aliphatic heterocycles. The van der Waals surface area contributed by atoms with Gasteiger partial charge in [-0.1, -0.05) is 6.07 Å². The number of nitrogens with zero attached hydrogens (tertiary/aromatic N) is 3. The number of carbonyl (C=O) groups is 1. The largest absolute Gasteiger partial charge is 0.465 e. The first-order valence-electron chi connectivity index (χ1n) is 6.80. The molecule has 3 aromatic rings. The van der Waals surface area contributed by atoms with E-state index in [9.17, 15) is 9.90 Å². The number of nitrogen functional groups attached to an aromatic ring is 1. The molecule has 22 heavy (non-hydrogen) atoms. The number of benzene rings is 1. The number of H-pyrrole nitrogens is 1. The first-order chi connectivity index (χ1) is 10.6. The van der Waals surface area contributed by atoms with Gasteiger partial charge in [0.1, 0.15) is 5.82 Å². The fourth-order valence-corrected chi connectivity index (χ4v) is 2.35. The van der Waals surface area contributed by atoms with Crippen LogP contribution in [0.3, 0.4) is 0 Å². The molecule has 1 aromatic carbocycles. The maximum Gasteiger partial charge on any atom is 0.412 e. The Labute approximate surface area is 126 Å². The number of fused-ring (bicyclic) bond motifs is 1. The summed E-state index contributed by atoms with van der Waals surface area (Å²) in [7, 11) is 0. The van der Waals surface area contributed by atoms with E-state index < -0.39 is 6.09 Å². The number of amides is 1. The van der Waals surface area contributed by atoms with Gasteiger partial charge < -0.3 is 10.8 Å². The van der Waals surface area contributed by atoms with Crippen molar-refractivity contribution in [2.24, 2.45) is 0 Å². The van der Waals surface area contributed by atoms with Gasteiger partial charge in [-0.25, -0.2) is 9.78 Å². The van der Waals surface area contributed by atoms with E-state index in [1.165, 1.54) is 4.90 Å². The summed E-state index contributed by atoms with van der Waals surface area (Å²) in [5, 5.41) is 16.8. The number of nitrogens with one attached hydrogen (secondary N) is 1. The van der Waals surface area contributed by atoms with E-state index >= 15 is 0 Å². The molecule has 0 aliphatic rings.